The van der Waals surface area contributed by atoms with Gasteiger partial charge in [-0.2, -0.15) is 0 Å². The number of halogens is 2. The fraction of sp³-hybridized carbons (Fsp3) is 0.417. The molecule has 0 aliphatic carbocycles. The molecule has 0 aromatic heterocycles. The summed E-state index contributed by atoms with van der Waals surface area (Å²) in [7, 11) is 1.44. The van der Waals surface area contributed by atoms with Crippen molar-refractivity contribution < 1.29 is 13.9 Å². The molecule has 1 atom stereocenters. The van der Waals surface area contributed by atoms with Crippen LogP contribution in [0.1, 0.15) is 23.7 Å². The molecule has 1 aromatic carbocycles. The van der Waals surface area contributed by atoms with E-state index in [0.717, 1.165) is 0 Å². The van der Waals surface area contributed by atoms with Crippen LogP contribution >= 0.6 is 11.6 Å². The molecule has 0 bridgehead atoms. The molecule has 0 saturated carbocycles. The van der Waals surface area contributed by atoms with Gasteiger partial charge in [0, 0.05) is 18.0 Å². The van der Waals surface area contributed by atoms with Gasteiger partial charge in [-0.1, -0.05) is 6.92 Å². The highest BCUT2D eigenvalue weighted by molar-refractivity contribution is 6.18. The highest BCUT2D eigenvalue weighted by atomic mass is 35.5. The molecular weight excluding hydrogens is 245 g/mol. The van der Waals surface area contributed by atoms with E-state index in [2.05, 4.69) is 5.32 Å². The van der Waals surface area contributed by atoms with Crippen LogP contribution in [0.3, 0.4) is 0 Å². The minimum Gasteiger partial charge on any atom is -0.497 e. The first-order chi connectivity index (χ1) is 8.12. The molecule has 0 aliphatic rings. The minimum atomic E-state index is -0.605. The molecule has 1 aromatic rings. The third-order valence-electron chi connectivity index (χ3n) is 2.44. The topological polar surface area (TPSA) is 38.3 Å². The molecule has 1 unspecified atom stereocenters. The average molecular weight is 260 g/mol. The summed E-state index contributed by atoms with van der Waals surface area (Å²) in [5.74, 6) is -0.382. The van der Waals surface area contributed by atoms with Gasteiger partial charge in [0.15, 0.2) is 0 Å². The number of rotatable bonds is 5. The zero-order chi connectivity index (χ0) is 12.8. The molecule has 0 radical (unpaired) electrons. The average Bonchev–Trinajstić information content (AvgIpc) is 2.35. The van der Waals surface area contributed by atoms with Crippen molar-refractivity contribution in [2.75, 3.05) is 13.0 Å². The Bertz CT molecular complexity index is 394. The zero-order valence-corrected chi connectivity index (χ0v) is 10.6. The zero-order valence-electron chi connectivity index (χ0n) is 9.80. The largest absolute Gasteiger partial charge is 0.497 e. The molecule has 0 heterocycles. The molecule has 3 nitrogen and oxygen atoms in total. The lowest BCUT2D eigenvalue weighted by Gasteiger charge is -2.14. The number of methoxy groups -OCH3 is 1. The summed E-state index contributed by atoms with van der Waals surface area (Å²) >= 11 is 5.66. The van der Waals surface area contributed by atoms with Crippen molar-refractivity contribution in [3.8, 4) is 5.75 Å². The van der Waals surface area contributed by atoms with Gasteiger partial charge in [-0.05, 0) is 18.6 Å². The van der Waals surface area contributed by atoms with Crippen LogP contribution in [-0.4, -0.2) is 24.9 Å². The van der Waals surface area contributed by atoms with Gasteiger partial charge < -0.3 is 10.1 Å². The summed E-state index contributed by atoms with van der Waals surface area (Å²) in [6, 6.07) is 3.96. The van der Waals surface area contributed by atoms with Crippen molar-refractivity contribution in [1.82, 2.24) is 5.32 Å². The van der Waals surface area contributed by atoms with Crippen LogP contribution in [0.5, 0.6) is 5.75 Å². The lowest BCUT2D eigenvalue weighted by molar-refractivity contribution is 0.0935. The molecule has 94 valence electrons. The monoisotopic (exact) mass is 259 g/mol. The number of nitrogens with one attached hydrogen (secondary N) is 1. The van der Waals surface area contributed by atoms with E-state index in [-0.39, 0.29) is 11.6 Å². The van der Waals surface area contributed by atoms with Crippen molar-refractivity contribution in [1.29, 1.82) is 0 Å². The first kappa shape index (κ1) is 13.8. The Morgan fingerprint density at radius 3 is 2.76 bits per heavy atom. The van der Waals surface area contributed by atoms with Crippen LogP contribution in [0.4, 0.5) is 4.39 Å². The van der Waals surface area contributed by atoms with Crippen molar-refractivity contribution >= 4 is 17.5 Å². The van der Waals surface area contributed by atoms with Crippen LogP contribution in [-0.2, 0) is 0 Å². The number of benzene rings is 1. The fourth-order valence-electron chi connectivity index (χ4n) is 1.32. The van der Waals surface area contributed by atoms with Gasteiger partial charge in [-0.15, -0.1) is 11.6 Å². The van der Waals surface area contributed by atoms with E-state index in [4.69, 9.17) is 16.3 Å². The Balaban J connectivity index is 2.82. The molecule has 0 aliphatic heterocycles. The maximum Gasteiger partial charge on any atom is 0.254 e. The Labute approximate surface area is 105 Å². The van der Waals surface area contributed by atoms with Crippen LogP contribution in [0.2, 0.25) is 0 Å². The summed E-state index contributed by atoms with van der Waals surface area (Å²) in [4.78, 5) is 11.7. The summed E-state index contributed by atoms with van der Waals surface area (Å²) < 4.78 is 18.4. The van der Waals surface area contributed by atoms with Gasteiger partial charge in [-0.3, -0.25) is 4.79 Å². The number of hydrogen-bond donors (Lipinski definition) is 1. The van der Waals surface area contributed by atoms with E-state index in [9.17, 15) is 9.18 Å². The van der Waals surface area contributed by atoms with E-state index < -0.39 is 11.7 Å². The van der Waals surface area contributed by atoms with Crippen LogP contribution in [0.15, 0.2) is 18.2 Å². The number of amides is 1. The Morgan fingerprint density at radius 2 is 2.29 bits per heavy atom. The third kappa shape index (κ3) is 3.60. The lowest BCUT2D eigenvalue weighted by Crippen LogP contribution is -2.36. The standard InChI is InChI=1S/C12H15ClFNO2/c1-3-8(7-13)15-12(16)10-5-4-9(17-2)6-11(10)14/h4-6,8H,3,7H2,1-2H3,(H,15,16). The quantitative estimate of drug-likeness (QED) is 0.826. The maximum atomic E-state index is 13.6. The second kappa shape index (κ2) is 6.45. The van der Waals surface area contributed by atoms with Gasteiger partial charge >= 0.3 is 0 Å². The SMILES string of the molecule is CCC(CCl)NC(=O)c1ccc(OC)cc1F. The molecule has 0 spiro atoms. The smallest absolute Gasteiger partial charge is 0.254 e. The Morgan fingerprint density at radius 1 is 1.59 bits per heavy atom. The summed E-state index contributed by atoms with van der Waals surface area (Å²) in [5, 5.41) is 2.66. The number of carbonyl (C=O) groups is 1. The highest BCUT2D eigenvalue weighted by Crippen LogP contribution is 2.16. The van der Waals surface area contributed by atoms with E-state index in [1.54, 1.807) is 6.07 Å². The van der Waals surface area contributed by atoms with E-state index in [1.165, 1.54) is 19.2 Å². The van der Waals surface area contributed by atoms with Gasteiger partial charge in [0.1, 0.15) is 11.6 Å². The number of alkyl halides is 1. The van der Waals surface area contributed by atoms with Crippen LogP contribution in [0, 0.1) is 5.82 Å². The van der Waals surface area contributed by atoms with Crippen LogP contribution < -0.4 is 10.1 Å². The summed E-state index contributed by atoms with van der Waals surface area (Å²) in [6.45, 7) is 1.90. The molecule has 1 rings (SSSR count). The first-order valence-corrected chi connectivity index (χ1v) is 5.86. The third-order valence-corrected chi connectivity index (χ3v) is 2.81. The van der Waals surface area contributed by atoms with Gasteiger partial charge in [-0.25, -0.2) is 4.39 Å². The number of ether oxygens (including phenoxy) is 1. The predicted octanol–water partition coefficient (Wildman–Crippen LogP) is 2.58. The second-order valence-corrected chi connectivity index (χ2v) is 3.89. The number of carbonyl (C=O) groups excluding carboxylic acids is 1. The van der Waals surface area contributed by atoms with Crippen molar-refractivity contribution in [3.63, 3.8) is 0 Å². The predicted molar refractivity (Wildman–Crippen MR) is 65.2 cm³/mol. The Hall–Kier alpha value is -1.29. The fourth-order valence-corrected chi connectivity index (χ4v) is 1.62. The summed E-state index contributed by atoms with van der Waals surface area (Å²) in [6.07, 6.45) is 0.701. The molecule has 5 heteroatoms. The normalized spacial score (nSPS) is 12.0. The molecule has 1 N–H and O–H groups in total. The Kier molecular flexibility index (Phi) is 5.22. The van der Waals surface area contributed by atoms with E-state index >= 15 is 0 Å². The van der Waals surface area contributed by atoms with Gasteiger partial charge in [0.05, 0.1) is 12.7 Å². The van der Waals surface area contributed by atoms with Crippen molar-refractivity contribution in [2.24, 2.45) is 0 Å². The molecule has 17 heavy (non-hydrogen) atoms. The molecule has 1 amide bonds. The lowest BCUT2D eigenvalue weighted by atomic mass is 10.1. The van der Waals surface area contributed by atoms with E-state index in [0.29, 0.717) is 18.1 Å². The van der Waals surface area contributed by atoms with Crippen molar-refractivity contribution in [3.05, 3.63) is 29.6 Å². The molecular formula is C12H15ClFNO2. The maximum absolute atomic E-state index is 13.6. The van der Waals surface area contributed by atoms with Gasteiger partial charge in [0.2, 0.25) is 0 Å². The first-order valence-electron chi connectivity index (χ1n) is 5.32. The van der Waals surface area contributed by atoms with Crippen molar-refractivity contribution in [2.45, 2.75) is 19.4 Å². The summed E-state index contributed by atoms with van der Waals surface area (Å²) in [5.41, 5.74) is -0.00522. The minimum absolute atomic E-state index is 0.00522. The number of hydrogen-bond acceptors (Lipinski definition) is 2. The van der Waals surface area contributed by atoms with Crippen LogP contribution in [0.25, 0.3) is 0 Å². The highest BCUT2D eigenvalue weighted by Gasteiger charge is 2.15. The molecule has 0 saturated heterocycles. The molecule has 0 fully saturated rings. The second-order valence-electron chi connectivity index (χ2n) is 3.58. The van der Waals surface area contributed by atoms with Gasteiger partial charge in [0.25, 0.3) is 5.91 Å². The van der Waals surface area contributed by atoms with E-state index in [1.807, 2.05) is 6.92 Å².